The van der Waals surface area contributed by atoms with Crippen LogP contribution in [0.2, 0.25) is 30.7 Å². The highest BCUT2D eigenvalue weighted by atomic mass is 28.4. The van der Waals surface area contributed by atoms with Crippen LogP contribution >= 0.6 is 0 Å². The summed E-state index contributed by atoms with van der Waals surface area (Å²) in [4.78, 5) is 0. The maximum absolute atomic E-state index is 7.22. The summed E-state index contributed by atoms with van der Waals surface area (Å²) in [5.74, 6) is 2.37. The minimum atomic E-state index is -1.83. The summed E-state index contributed by atoms with van der Waals surface area (Å²) in [5.41, 5.74) is -0.0853. The Bertz CT molecular complexity index is 678. The summed E-state index contributed by atoms with van der Waals surface area (Å²) in [6.07, 6.45) is 10.2. The molecule has 0 spiro atoms. The molecule has 4 atom stereocenters. The lowest BCUT2D eigenvalue weighted by Crippen LogP contribution is -2.56. The Kier molecular flexibility index (Phi) is 7.02. The fraction of sp³-hybridized carbons (Fsp3) is 0.692. The Labute approximate surface area is 183 Å². The van der Waals surface area contributed by atoms with E-state index < -0.39 is 17.1 Å². The lowest BCUT2D eigenvalue weighted by atomic mass is 9.60. The van der Waals surface area contributed by atoms with Gasteiger partial charge >= 0.3 is 0 Å². The number of hydrogen-bond acceptors (Lipinski definition) is 1. The van der Waals surface area contributed by atoms with Crippen molar-refractivity contribution >= 4 is 22.3 Å². The van der Waals surface area contributed by atoms with E-state index in [9.17, 15) is 0 Å². The summed E-state index contributed by atoms with van der Waals surface area (Å²) in [6.45, 7) is 18.8. The quantitative estimate of drug-likeness (QED) is 0.345. The van der Waals surface area contributed by atoms with Crippen LogP contribution < -0.4 is 5.19 Å². The largest absolute Gasteiger partial charge is 0.408 e. The Morgan fingerprint density at radius 2 is 1.83 bits per heavy atom. The molecule has 1 aromatic carbocycles. The van der Waals surface area contributed by atoms with Crippen LogP contribution in [-0.2, 0) is 4.43 Å². The van der Waals surface area contributed by atoms with Crippen molar-refractivity contribution in [2.75, 3.05) is 0 Å². The van der Waals surface area contributed by atoms with Gasteiger partial charge in [0.25, 0.3) is 0 Å². The molecule has 0 amide bonds. The van der Waals surface area contributed by atoms with Crippen LogP contribution in [0.25, 0.3) is 0 Å². The summed E-state index contributed by atoms with van der Waals surface area (Å²) in [7, 11) is -2.31. The van der Waals surface area contributed by atoms with Crippen molar-refractivity contribution in [1.29, 1.82) is 0 Å². The van der Waals surface area contributed by atoms with Crippen LogP contribution in [0.15, 0.2) is 43.0 Å². The number of benzene rings is 1. The molecule has 2 saturated carbocycles. The molecule has 2 aliphatic rings. The molecule has 1 nitrogen and oxygen atoms in total. The third kappa shape index (κ3) is 4.83. The Morgan fingerprint density at radius 3 is 2.45 bits per heavy atom. The van der Waals surface area contributed by atoms with E-state index in [-0.39, 0.29) is 10.6 Å². The molecule has 3 heteroatoms. The molecule has 1 radical (unpaired) electrons. The predicted molar refractivity (Wildman–Crippen MR) is 132 cm³/mol. The van der Waals surface area contributed by atoms with E-state index in [0.29, 0.717) is 5.92 Å². The van der Waals surface area contributed by atoms with Crippen LogP contribution in [0.4, 0.5) is 0 Å². The Hall–Kier alpha value is -0.646. The molecular formula is C26H43OSi2. The summed E-state index contributed by atoms with van der Waals surface area (Å²) >= 11 is 0. The average Bonchev–Trinajstić information content (AvgIpc) is 2.68. The van der Waals surface area contributed by atoms with Gasteiger partial charge in [0.1, 0.15) is 0 Å². The average molecular weight is 428 g/mol. The first-order valence-electron chi connectivity index (χ1n) is 11.8. The van der Waals surface area contributed by atoms with Gasteiger partial charge in [0, 0.05) is 0 Å². The number of rotatable bonds is 6. The zero-order valence-electron chi connectivity index (χ0n) is 19.8. The second kappa shape index (κ2) is 8.84. The highest BCUT2D eigenvalue weighted by molar-refractivity contribution is 6.74. The van der Waals surface area contributed by atoms with E-state index in [2.05, 4.69) is 83.4 Å². The van der Waals surface area contributed by atoms with Gasteiger partial charge in [0.2, 0.25) is 0 Å². The van der Waals surface area contributed by atoms with E-state index in [0.717, 1.165) is 11.8 Å². The maximum atomic E-state index is 7.22. The summed E-state index contributed by atoms with van der Waals surface area (Å²) < 4.78 is 7.22. The van der Waals surface area contributed by atoms with Crippen molar-refractivity contribution < 1.29 is 4.43 Å². The third-order valence-electron chi connectivity index (χ3n) is 8.38. The molecule has 0 aromatic heterocycles. The van der Waals surface area contributed by atoms with E-state index in [1.165, 1.54) is 44.6 Å². The number of fused-ring (bicyclic) bond motifs is 1. The topological polar surface area (TPSA) is 9.23 Å². The van der Waals surface area contributed by atoms with Crippen LogP contribution in [0.3, 0.4) is 0 Å². The molecular weight excluding hydrogens is 384 g/mol. The molecule has 3 rings (SSSR count). The maximum Gasteiger partial charge on any atom is 0.193 e. The van der Waals surface area contributed by atoms with Crippen molar-refractivity contribution in [3.8, 4) is 0 Å². The molecule has 0 saturated heterocycles. The Balaban J connectivity index is 1.81. The van der Waals surface area contributed by atoms with E-state index in [1.807, 2.05) is 0 Å². The van der Waals surface area contributed by atoms with Gasteiger partial charge in [-0.2, -0.15) is 0 Å². The van der Waals surface area contributed by atoms with E-state index >= 15 is 0 Å². The van der Waals surface area contributed by atoms with Crippen molar-refractivity contribution in [3.63, 3.8) is 0 Å². The monoisotopic (exact) mass is 427 g/mol. The fourth-order valence-corrected chi connectivity index (χ4v) is 9.62. The van der Waals surface area contributed by atoms with Gasteiger partial charge in [0.15, 0.2) is 8.32 Å². The molecule has 0 heterocycles. The van der Waals surface area contributed by atoms with Crippen molar-refractivity contribution in [3.05, 3.63) is 43.0 Å². The molecule has 2 aliphatic carbocycles. The molecule has 29 heavy (non-hydrogen) atoms. The predicted octanol–water partition coefficient (Wildman–Crippen LogP) is 7.18. The zero-order chi connectivity index (χ0) is 21.3. The molecule has 2 fully saturated rings. The summed E-state index contributed by atoms with van der Waals surface area (Å²) in [5, 5.41) is 1.85. The van der Waals surface area contributed by atoms with Gasteiger partial charge in [-0.1, -0.05) is 87.8 Å². The molecule has 1 aromatic rings. The minimum absolute atomic E-state index is 0.0853. The lowest BCUT2D eigenvalue weighted by Gasteiger charge is -2.55. The lowest BCUT2D eigenvalue weighted by molar-refractivity contribution is -0.0571. The molecule has 0 bridgehead atoms. The van der Waals surface area contributed by atoms with Gasteiger partial charge in [-0.3, -0.25) is 0 Å². The van der Waals surface area contributed by atoms with Gasteiger partial charge in [-0.15, -0.1) is 6.58 Å². The van der Waals surface area contributed by atoms with Gasteiger partial charge in [0.05, 0.1) is 14.4 Å². The SMILES string of the molecule is C=C[C@]1(O[Si](C)(C)C(C)(C)C)CCC[C@@H]2[C@@H](C[Si](C)c3ccccc3)CCC[C@H]21. The molecule has 161 valence electrons. The highest BCUT2D eigenvalue weighted by Crippen LogP contribution is 2.54. The second-order valence-electron chi connectivity index (χ2n) is 11.2. The van der Waals surface area contributed by atoms with Gasteiger partial charge < -0.3 is 4.43 Å². The van der Waals surface area contributed by atoms with E-state index in [1.54, 1.807) is 5.19 Å². The Morgan fingerprint density at radius 1 is 1.14 bits per heavy atom. The highest BCUT2D eigenvalue weighted by Gasteiger charge is 2.52. The standard InChI is InChI=1S/C26H43OSi2/c1-8-26(27-29(6,7)25(2,3)4)19-13-17-23-21(14-12-18-24(23)26)20-28(5)22-15-10-9-11-16-22/h8-11,15-16,21,23-24H,1,12-14,17-20H2,2-7H3/t21-,23-,24-,26+/m1/s1. The number of hydrogen-bond donors (Lipinski definition) is 0. The zero-order valence-corrected chi connectivity index (χ0v) is 21.8. The van der Waals surface area contributed by atoms with Gasteiger partial charge in [-0.05, 0) is 61.6 Å². The van der Waals surface area contributed by atoms with Crippen LogP contribution in [0.5, 0.6) is 0 Å². The van der Waals surface area contributed by atoms with Crippen molar-refractivity contribution in [2.24, 2.45) is 17.8 Å². The smallest absolute Gasteiger partial charge is 0.193 e. The van der Waals surface area contributed by atoms with Crippen LogP contribution in [-0.4, -0.2) is 22.7 Å². The summed E-state index contributed by atoms with van der Waals surface area (Å²) in [6, 6.07) is 12.7. The fourth-order valence-electron chi connectivity index (χ4n) is 5.74. The molecule has 0 N–H and O–H groups in total. The molecule has 0 aliphatic heterocycles. The normalized spacial score (nSPS) is 30.8. The van der Waals surface area contributed by atoms with Crippen LogP contribution in [0.1, 0.15) is 59.3 Å². The van der Waals surface area contributed by atoms with Crippen LogP contribution in [0, 0.1) is 17.8 Å². The first-order chi connectivity index (χ1) is 13.6. The first kappa shape index (κ1) is 23.0. The van der Waals surface area contributed by atoms with Gasteiger partial charge in [-0.25, -0.2) is 0 Å². The third-order valence-corrected chi connectivity index (χ3v) is 15.3. The van der Waals surface area contributed by atoms with Crippen molar-refractivity contribution in [2.45, 2.75) is 95.6 Å². The molecule has 0 unspecified atom stereocenters. The van der Waals surface area contributed by atoms with E-state index in [4.69, 9.17) is 4.43 Å². The van der Waals surface area contributed by atoms with Crippen molar-refractivity contribution in [1.82, 2.24) is 0 Å². The minimum Gasteiger partial charge on any atom is -0.408 e. The first-order valence-corrected chi connectivity index (χ1v) is 16.9. The second-order valence-corrected chi connectivity index (χ2v) is 18.5.